The molecule has 0 aliphatic heterocycles. The standard InChI is InChI=1S/C17H16N2O2/c1-13(15-9-7-14(11-18)8-10-15)19(12-17(20)21)16-5-3-2-4-6-16/h2-10,13H,12H2,1H3,(H,20,21). The third kappa shape index (κ3) is 3.61. The van der Waals surface area contributed by atoms with E-state index in [-0.39, 0.29) is 12.6 Å². The molecule has 1 unspecified atom stereocenters. The third-order valence-electron chi connectivity index (χ3n) is 3.38. The number of aliphatic carboxylic acids is 1. The molecule has 21 heavy (non-hydrogen) atoms. The van der Waals surface area contributed by atoms with E-state index in [0.717, 1.165) is 11.3 Å². The van der Waals surface area contributed by atoms with Crippen LogP contribution in [0.25, 0.3) is 0 Å². The lowest BCUT2D eigenvalue weighted by molar-refractivity contribution is -0.135. The number of hydrogen-bond acceptors (Lipinski definition) is 3. The molecule has 2 aromatic rings. The predicted octanol–water partition coefficient (Wildman–Crippen LogP) is 3.21. The van der Waals surface area contributed by atoms with Gasteiger partial charge >= 0.3 is 5.97 Å². The Morgan fingerprint density at radius 2 is 1.81 bits per heavy atom. The molecule has 0 fully saturated rings. The van der Waals surface area contributed by atoms with Gasteiger partial charge < -0.3 is 10.0 Å². The van der Waals surface area contributed by atoms with E-state index in [2.05, 4.69) is 6.07 Å². The van der Waals surface area contributed by atoms with Gasteiger partial charge in [-0.2, -0.15) is 5.26 Å². The summed E-state index contributed by atoms with van der Waals surface area (Å²) in [4.78, 5) is 13.0. The van der Waals surface area contributed by atoms with Crippen LogP contribution in [-0.4, -0.2) is 17.6 Å². The van der Waals surface area contributed by atoms with Crippen LogP contribution in [0.5, 0.6) is 0 Å². The molecule has 0 saturated heterocycles. The van der Waals surface area contributed by atoms with Crippen LogP contribution in [-0.2, 0) is 4.79 Å². The number of nitriles is 1. The monoisotopic (exact) mass is 280 g/mol. The maximum atomic E-state index is 11.1. The molecule has 0 aliphatic rings. The van der Waals surface area contributed by atoms with Gasteiger partial charge in [-0.3, -0.25) is 4.79 Å². The average molecular weight is 280 g/mol. The van der Waals surface area contributed by atoms with Crippen molar-refractivity contribution in [2.24, 2.45) is 0 Å². The van der Waals surface area contributed by atoms with Crippen LogP contribution in [0.4, 0.5) is 5.69 Å². The normalized spacial score (nSPS) is 11.4. The van der Waals surface area contributed by atoms with E-state index >= 15 is 0 Å². The summed E-state index contributed by atoms with van der Waals surface area (Å²) in [5, 5.41) is 18.0. The zero-order valence-electron chi connectivity index (χ0n) is 11.7. The first-order valence-corrected chi connectivity index (χ1v) is 6.65. The molecule has 0 bridgehead atoms. The zero-order chi connectivity index (χ0) is 15.2. The molecule has 106 valence electrons. The molecular weight excluding hydrogens is 264 g/mol. The number of carbonyl (C=O) groups is 1. The number of benzene rings is 2. The van der Waals surface area contributed by atoms with Crippen molar-refractivity contribution in [3.05, 3.63) is 65.7 Å². The quantitative estimate of drug-likeness (QED) is 0.913. The summed E-state index contributed by atoms with van der Waals surface area (Å²) in [6.07, 6.45) is 0. The molecule has 4 nitrogen and oxygen atoms in total. The van der Waals surface area contributed by atoms with Crippen molar-refractivity contribution < 1.29 is 9.90 Å². The summed E-state index contributed by atoms with van der Waals surface area (Å²) in [5.41, 5.74) is 2.42. The molecule has 2 rings (SSSR count). The largest absolute Gasteiger partial charge is 0.480 e. The van der Waals surface area contributed by atoms with Crippen LogP contribution < -0.4 is 4.90 Å². The van der Waals surface area contributed by atoms with Gasteiger partial charge in [0, 0.05) is 5.69 Å². The molecule has 0 heterocycles. The highest BCUT2D eigenvalue weighted by atomic mass is 16.4. The SMILES string of the molecule is CC(c1ccc(C#N)cc1)N(CC(=O)O)c1ccccc1. The lowest BCUT2D eigenvalue weighted by Crippen LogP contribution is -2.32. The first kappa shape index (κ1) is 14.6. The van der Waals surface area contributed by atoms with E-state index in [1.54, 1.807) is 12.1 Å². The van der Waals surface area contributed by atoms with Crippen molar-refractivity contribution in [3.63, 3.8) is 0 Å². The Kier molecular flexibility index (Phi) is 4.57. The van der Waals surface area contributed by atoms with Crippen molar-refractivity contribution in [2.75, 3.05) is 11.4 Å². The summed E-state index contributed by atoms with van der Waals surface area (Å²) >= 11 is 0. The minimum absolute atomic E-state index is 0.0782. The van der Waals surface area contributed by atoms with E-state index in [9.17, 15) is 4.79 Å². The van der Waals surface area contributed by atoms with E-state index < -0.39 is 5.97 Å². The smallest absolute Gasteiger partial charge is 0.323 e. The maximum absolute atomic E-state index is 11.1. The second-order valence-corrected chi connectivity index (χ2v) is 4.77. The van der Waals surface area contributed by atoms with Gasteiger partial charge in [-0.05, 0) is 36.8 Å². The van der Waals surface area contributed by atoms with Gasteiger partial charge in [0.1, 0.15) is 6.54 Å². The molecule has 1 atom stereocenters. The van der Waals surface area contributed by atoms with Gasteiger partial charge in [-0.15, -0.1) is 0 Å². The number of rotatable bonds is 5. The molecule has 0 saturated carbocycles. The van der Waals surface area contributed by atoms with Gasteiger partial charge in [0.15, 0.2) is 0 Å². The molecule has 4 heteroatoms. The van der Waals surface area contributed by atoms with E-state index in [1.807, 2.05) is 54.3 Å². The van der Waals surface area contributed by atoms with Crippen molar-refractivity contribution in [2.45, 2.75) is 13.0 Å². The molecular formula is C17H16N2O2. The highest BCUT2D eigenvalue weighted by molar-refractivity contribution is 5.74. The zero-order valence-corrected chi connectivity index (χ0v) is 11.7. The summed E-state index contributed by atoms with van der Waals surface area (Å²) in [7, 11) is 0. The Bertz CT molecular complexity index is 645. The van der Waals surface area contributed by atoms with Crippen molar-refractivity contribution >= 4 is 11.7 Å². The van der Waals surface area contributed by atoms with Crippen LogP contribution >= 0.6 is 0 Å². The molecule has 0 radical (unpaired) electrons. The first-order valence-electron chi connectivity index (χ1n) is 6.65. The minimum Gasteiger partial charge on any atom is -0.480 e. The number of carboxylic acid groups (broad SMARTS) is 1. The van der Waals surface area contributed by atoms with Gasteiger partial charge in [-0.1, -0.05) is 30.3 Å². The highest BCUT2D eigenvalue weighted by Crippen LogP contribution is 2.26. The van der Waals surface area contributed by atoms with Crippen LogP contribution in [0.2, 0.25) is 0 Å². The predicted molar refractivity (Wildman–Crippen MR) is 81.0 cm³/mol. The fourth-order valence-electron chi connectivity index (χ4n) is 2.23. The molecule has 2 aromatic carbocycles. The van der Waals surface area contributed by atoms with Crippen molar-refractivity contribution in [3.8, 4) is 6.07 Å². The first-order chi connectivity index (χ1) is 10.1. The minimum atomic E-state index is -0.876. The fraction of sp³-hybridized carbons (Fsp3) is 0.176. The Balaban J connectivity index is 2.31. The van der Waals surface area contributed by atoms with Crippen molar-refractivity contribution in [1.29, 1.82) is 5.26 Å². The third-order valence-corrected chi connectivity index (χ3v) is 3.38. The van der Waals surface area contributed by atoms with Gasteiger partial charge in [-0.25, -0.2) is 0 Å². The van der Waals surface area contributed by atoms with Crippen molar-refractivity contribution in [1.82, 2.24) is 0 Å². The Hall–Kier alpha value is -2.80. The number of carboxylic acids is 1. The van der Waals surface area contributed by atoms with E-state index in [4.69, 9.17) is 10.4 Å². The lowest BCUT2D eigenvalue weighted by Gasteiger charge is -2.30. The van der Waals surface area contributed by atoms with Crippen LogP contribution in [0, 0.1) is 11.3 Å². The second-order valence-electron chi connectivity index (χ2n) is 4.77. The molecule has 1 N–H and O–H groups in total. The fourth-order valence-corrected chi connectivity index (χ4v) is 2.23. The number of anilines is 1. The molecule has 0 aromatic heterocycles. The number of hydrogen-bond donors (Lipinski definition) is 1. The summed E-state index contributed by atoms with van der Waals surface area (Å²) in [6.45, 7) is 1.88. The maximum Gasteiger partial charge on any atom is 0.323 e. The lowest BCUT2D eigenvalue weighted by atomic mass is 10.0. The molecule has 0 aliphatic carbocycles. The topological polar surface area (TPSA) is 64.3 Å². The van der Waals surface area contributed by atoms with Gasteiger partial charge in [0.05, 0.1) is 17.7 Å². The van der Waals surface area contributed by atoms with E-state index in [0.29, 0.717) is 5.56 Å². The Labute approximate surface area is 123 Å². The second kappa shape index (κ2) is 6.58. The number of nitrogens with zero attached hydrogens (tertiary/aromatic N) is 2. The average Bonchev–Trinajstić information content (AvgIpc) is 2.53. The molecule has 0 amide bonds. The van der Waals surface area contributed by atoms with Gasteiger partial charge in [0.2, 0.25) is 0 Å². The highest BCUT2D eigenvalue weighted by Gasteiger charge is 2.18. The summed E-state index contributed by atoms with van der Waals surface area (Å²) < 4.78 is 0. The van der Waals surface area contributed by atoms with E-state index in [1.165, 1.54) is 0 Å². The molecule has 0 spiro atoms. The summed E-state index contributed by atoms with van der Waals surface area (Å²) in [6, 6.07) is 18.6. The Morgan fingerprint density at radius 1 is 1.19 bits per heavy atom. The van der Waals surface area contributed by atoms with Crippen LogP contribution in [0.3, 0.4) is 0 Å². The Morgan fingerprint density at radius 3 is 2.33 bits per heavy atom. The van der Waals surface area contributed by atoms with Crippen LogP contribution in [0.15, 0.2) is 54.6 Å². The van der Waals surface area contributed by atoms with Crippen LogP contribution in [0.1, 0.15) is 24.1 Å². The number of para-hydroxylation sites is 1. The van der Waals surface area contributed by atoms with Gasteiger partial charge in [0.25, 0.3) is 0 Å². The summed E-state index contributed by atoms with van der Waals surface area (Å²) in [5.74, 6) is -0.876.